The highest BCUT2D eigenvalue weighted by molar-refractivity contribution is 8.13. The van der Waals surface area contributed by atoms with E-state index >= 15 is 0 Å². The first-order valence-corrected chi connectivity index (χ1v) is 10.2. The van der Waals surface area contributed by atoms with Crippen molar-refractivity contribution in [2.45, 2.75) is 44.4 Å². The van der Waals surface area contributed by atoms with Crippen molar-refractivity contribution in [2.75, 3.05) is 5.75 Å². The Balaban J connectivity index is 0.00000150. The summed E-state index contributed by atoms with van der Waals surface area (Å²) in [5.74, 6) is 0.912. The molecule has 1 fully saturated rings. The molecule has 0 radical (unpaired) electrons. The molecule has 1 aliphatic carbocycles. The Labute approximate surface area is 187 Å². The predicted octanol–water partition coefficient (Wildman–Crippen LogP) is 4.59. The maximum atomic E-state index is 14.5. The van der Waals surface area contributed by atoms with Crippen molar-refractivity contribution in [1.29, 1.82) is 0 Å². The van der Waals surface area contributed by atoms with Crippen LogP contribution in [-0.4, -0.2) is 33.1 Å². The second-order valence-corrected chi connectivity index (χ2v) is 8.49. The summed E-state index contributed by atoms with van der Waals surface area (Å²) in [6.07, 6.45) is 6.66. The van der Waals surface area contributed by atoms with Gasteiger partial charge in [-0.3, -0.25) is 4.99 Å². The molecule has 3 atom stereocenters. The standard InChI is InChI=1S/C20H23FN4OS.2ClH/c1-12(2)26-16-5-15-10-27-19(22)25-20(15,7-16)14-3-4-18(21)17(6-14)13-8-23-11-24-9-13;;/h3-4,6,8-9,11-12,15-16H,5,7,10H2,1-2H3,(H2,22,25);2*1H/t15-,16+,20+;;/m0../s1. The van der Waals surface area contributed by atoms with Crippen molar-refractivity contribution in [3.8, 4) is 11.1 Å². The number of halogens is 3. The highest BCUT2D eigenvalue weighted by atomic mass is 35.5. The second kappa shape index (κ2) is 9.60. The average Bonchev–Trinajstić information content (AvgIpc) is 3.00. The van der Waals surface area contributed by atoms with Gasteiger partial charge >= 0.3 is 0 Å². The summed E-state index contributed by atoms with van der Waals surface area (Å²) in [6.45, 7) is 4.10. The first-order valence-electron chi connectivity index (χ1n) is 9.17. The first kappa shape index (κ1) is 23.9. The molecule has 0 amide bonds. The van der Waals surface area contributed by atoms with Gasteiger partial charge in [0.15, 0.2) is 5.17 Å². The Morgan fingerprint density at radius 2 is 1.97 bits per heavy atom. The summed E-state index contributed by atoms with van der Waals surface area (Å²) < 4.78 is 20.7. The van der Waals surface area contributed by atoms with Gasteiger partial charge in [-0.2, -0.15) is 0 Å². The number of rotatable bonds is 4. The van der Waals surface area contributed by atoms with E-state index in [1.165, 1.54) is 12.4 Å². The van der Waals surface area contributed by atoms with Gasteiger partial charge in [-0.15, -0.1) is 24.8 Å². The van der Waals surface area contributed by atoms with Gasteiger partial charge in [-0.25, -0.2) is 14.4 Å². The molecule has 2 aliphatic rings. The quantitative estimate of drug-likeness (QED) is 0.724. The Bertz CT molecular complexity index is 871. The molecule has 2 aromatic rings. The number of ether oxygens (including phenoxy) is 1. The number of benzene rings is 1. The maximum absolute atomic E-state index is 14.5. The molecule has 0 bridgehead atoms. The zero-order valence-electron chi connectivity index (χ0n) is 16.2. The van der Waals surface area contributed by atoms with Crippen molar-refractivity contribution in [3.05, 3.63) is 48.3 Å². The van der Waals surface area contributed by atoms with Gasteiger partial charge in [-0.1, -0.05) is 17.8 Å². The van der Waals surface area contributed by atoms with Crippen LogP contribution < -0.4 is 5.73 Å². The van der Waals surface area contributed by atoms with E-state index in [9.17, 15) is 4.39 Å². The molecular formula is C20H25Cl2FN4OS. The summed E-state index contributed by atoms with van der Waals surface area (Å²) >= 11 is 1.59. The molecule has 0 spiro atoms. The number of amidine groups is 1. The number of hydrogen-bond donors (Lipinski definition) is 1. The van der Waals surface area contributed by atoms with E-state index in [-0.39, 0.29) is 42.8 Å². The van der Waals surface area contributed by atoms with Crippen molar-refractivity contribution in [2.24, 2.45) is 16.6 Å². The molecule has 2 N–H and O–H groups in total. The van der Waals surface area contributed by atoms with Crippen LogP contribution in [0.5, 0.6) is 0 Å². The molecular weight excluding hydrogens is 434 g/mol. The monoisotopic (exact) mass is 458 g/mol. The van der Waals surface area contributed by atoms with Crippen LogP contribution >= 0.6 is 36.6 Å². The minimum Gasteiger partial charge on any atom is -0.379 e. The zero-order valence-corrected chi connectivity index (χ0v) is 18.7. The van der Waals surface area contributed by atoms with E-state index in [0.717, 1.165) is 24.2 Å². The predicted molar refractivity (Wildman–Crippen MR) is 120 cm³/mol. The van der Waals surface area contributed by atoms with Gasteiger partial charge in [0.05, 0.1) is 17.7 Å². The van der Waals surface area contributed by atoms with Gasteiger partial charge in [-0.05, 0) is 38.0 Å². The normalized spacial score (nSPS) is 25.6. The number of aromatic nitrogens is 2. The highest BCUT2D eigenvalue weighted by Crippen LogP contribution is 2.52. The molecule has 9 heteroatoms. The van der Waals surface area contributed by atoms with E-state index < -0.39 is 5.54 Å². The summed E-state index contributed by atoms with van der Waals surface area (Å²) in [6, 6.07) is 5.22. The SMILES string of the molecule is CC(C)O[C@@H]1C[C@H]2CSC(N)=N[C@@]2(c2ccc(F)c(-c3cncnc3)c2)C1.Cl.Cl. The van der Waals surface area contributed by atoms with Crippen molar-refractivity contribution in [3.63, 3.8) is 0 Å². The minimum absolute atomic E-state index is 0. The molecule has 0 saturated heterocycles. The third kappa shape index (κ3) is 4.68. The maximum Gasteiger partial charge on any atom is 0.154 e. The topological polar surface area (TPSA) is 73.4 Å². The molecule has 1 aromatic heterocycles. The van der Waals surface area contributed by atoms with Gasteiger partial charge in [0, 0.05) is 41.6 Å². The number of nitrogens with two attached hydrogens (primary N) is 1. The zero-order chi connectivity index (χ0) is 19.0. The van der Waals surface area contributed by atoms with E-state index in [0.29, 0.717) is 22.2 Å². The summed E-state index contributed by atoms with van der Waals surface area (Å²) in [4.78, 5) is 12.9. The van der Waals surface area contributed by atoms with Crippen LogP contribution in [-0.2, 0) is 10.3 Å². The van der Waals surface area contributed by atoms with Gasteiger partial charge in [0.2, 0.25) is 0 Å². The molecule has 1 aliphatic heterocycles. The first-order chi connectivity index (χ1) is 13.0. The van der Waals surface area contributed by atoms with E-state index in [1.54, 1.807) is 24.2 Å². The largest absolute Gasteiger partial charge is 0.379 e. The average molecular weight is 459 g/mol. The van der Waals surface area contributed by atoms with Gasteiger partial charge < -0.3 is 10.5 Å². The minimum atomic E-state index is -0.465. The molecule has 4 rings (SSSR count). The van der Waals surface area contributed by atoms with Crippen LogP contribution in [0.15, 0.2) is 41.9 Å². The Morgan fingerprint density at radius 3 is 2.66 bits per heavy atom. The Hall–Kier alpha value is -1.41. The van der Waals surface area contributed by atoms with Crippen molar-refractivity contribution >= 4 is 41.7 Å². The lowest BCUT2D eigenvalue weighted by Gasteiger charge is -2.36. The fourth-order valence-electron chi connectivity index (χ4n) is 4.23. The van der Waals surface area contributed by atoms with Gasteiger partial charge in [0.25, 0.3) is 0 Å². The summed E-state index contributed by atoms with van der Waals surface area (Å²) in [5.41, 5.74) is 7.77. The fraction of sp³-hybridized carbons (Fsp3) is 0.450. The second-order valence-electron chi connectivity index (χ2n) is 7.45. The molecule has 5 nitrogen and oxygen atoms in total. The van der Waals surface area contributed by atoms with E-state index in [1.807, 2.05) is 26.0 Å². The Morgan fingerprint density at radius 1 is 1.24 bits per heavy atom. The van der Waals surface area contributed by atoms with Crippen LogP contribution in [0.1, 0.15) is 32.3 Å². The number of hydrogen-bond acceptors (Lipinski definition) is 6. The number of thioether (sulfide) groups is 1. The van der Waals surface area contributed by atoms with Gasteiger partial charge in [0.1, 0.15) is 12.1 Å². The van der Waals surface area contributed by atoms with Crippen LogP contribution in [0, 0.1) is 11.7 Å². The summed E-state index contributed by atoms with van der Waals surface area (Å²) in [5, 5.41) is 0.588. The fourth-order valence-corrected chi connectivity index (χ4v) is 5.24. The smallest absolute Gasteiger partial charge is 0.154 e. The van der Waals surface area contributed by atoms with E-state index in [4.69, 9.17) is 15.5 Å². The molecule has 158 valence electrons. The molecule has 1 saturated carbocycles. The highest BCUT2D eigenvalue weighted by Gasteiger charge is 2.51. The Kier molecular flexibility index (Phi) is 7.90. The third-order valence-corrected chi connectivity index (χ3v) is 6.26. The number of fused-ring (bicyclic) bond motifs is 1. The lowest BCUT2D eigenvalue weighted by molar-refractivity contribution is 0.00846. The van der Waals surface area contributed by atoms with Crippen molar-refractivity contribution in [1.82, 2.24) is 9.97 Å². The number of aliphatic imine (C=N–C) groups is 1. The summed E-state index contributed by atoms with van der Waals surface area (Å²) in [7, 11) is 0. The molecule has 0 unspecified atom stereocenters. The lowest BCUT2D eigenvalue weighted by Crippen LogP contribution is -2.36. The van der Waals surface area contributed by atoms with Crippen LogP contribution in [0.4, 0.5) is 4.39 Å². The van der Waals surface area contributed by atoms with E-state index in [2.05, 4.69) is 9.97 Å². The van der Waals surface area contributed by atoms with Crippen molar-refractivity contribution < 1.29 is 9.13 Å². The van der Waals surface area contributed by atoms with Crippen LogP contribution in [0.3, 0.4) is 0 Å². The molecule has 2 heterocycles. The third-order valence-electron chi connectivity index (χ3n) is 5.31. The molecule has 1 aromatic carbocycles. The van der Waals surface area contributed by atoms with Crippen LogP contribution in [0.2, 0.25) is 0 Å². The molecule has 29 heavy (non-hydrogen) atoms. The lowest BCUT2D eigenvalue weighted by atomic mass is 9.80. The number of nitrogens with zero attached hydrogens (tertiary/aromatic N) is 3. The van der Waals surface area contributed by atoms with Crippen LogP contribution in [0.25, 0.3) is 11.1 Å².